The van der Waals surface area contributed by atoms with Crippen LogP contribution in [0.1, 0.15) is 18.1 Å². The lowest BCUT2D eigenvalue weighted by Crippen LogP contribution is -2.07. The molecule has 88 valence electrons. The number of aryl methyl sites for hydroxylation is 1. The van der Waals surface area contributed by atoms with Crippen molar-refractivity contribution in [3.05, 3.63) is 29.3 Å². The summed E-state index contributed by atoms with van der Waals surface area (Å²) in [4.78, 5) is 12.3. The molecule has 1 rings (SSSR count). The number of benzene rings is 1. The molecule has 1 aromatic carbocycles. The summed E-state index contributed by atoms with van der Waals surface area (Å²) in [6, 6.07) is 6.07. The number of hydrogen-bond donors (Lipinski definition) is 1. The van der Waals surface area contributed by atoms with Crippen LogP contribution in [0.3, 0.4) is 0 Å². The summed E-state index contributed by atoms with van der Waals surface area (Å²) in [5.41, 5.74) is 7.91. The van der Waals surface area contributed by atoms with E-state index in [2.05, 4.69) is 0 Å². The molecule has 0 aliphatic rings. The first kappa shape index (κ1) is 13.1. The van der Waals surface area contributed by atoms with Crippen LogP contribution >= 0.6 is 11.8 Å². The van der Waals surface area contributed by atoms with Gasteiger partial charge in [-0.05, 0) is 25.5 Å². The van der Waals surface area contributed by atoms with Crippen molar-refractivity contribution in [1.29, 1.82) is 0 Å². The Morgan fingerprint density at radius 3 is 2.88 bits per heavy atom. The molecule has 0 saturated carbocycles. The van der Waals surface area contributed by atoms with Gasteiger partial charge in [0.15, 0.2) is 0 Å². The number of carbonyl (C=O) groups excluding carboxylic acids is 1. The zero-order chi connectivity index (χ0) is 12.0. The van der Waals surface area contributed by atoms with Crippen LogP contribution < -0.4 is 5.73 Å². The lowest BCUT2D eigenvalue weighted by molar-refractivity contribution is -0.139. The molecule has 2 N–H and O–H groups in total. The van der Waals surface area contributed by atoms with Crippen molar-refractivity contribution in [3.8, 4) is 0 Å². The van der Waals surface area contributed by atoms with Gasteiger partial charge in [-0.25, -0.2) is 0 Å². The zero-order valence-electron chi connectivity index (χ0n) is 9.66. The Morgan fingerprint density at radius 2 is 2.25 bits per heavy atom. The molecule has 3 nitrogen and oxygen atoms in total. The Bertz CT molecular complexity index is 366. The van der Waals surface area contributed by atoms with Gasteiger partial charge in [0.1, 0.15) is 0 Å². The number of hydrogen-bond acceptors (Lipinski definition) is 4. The predicted octanol–water partition coefficient (Wildman–Crippen LogP) is 2.11. The first-order valence-corrected chi connectivity index (χ1v) is 6.24. The summed E-state index contributed by atoms with van der Waals surface area (Å²) in [5, 5.41) is 0. The maximum absolute atomic E-state index is 11.2. The number of rotatable bonds is 5. The molecule has 0 unspecified atom stereocenters. The second-order valence-corrected chi connectivity index (χ2v) is 4.43. The molecule has 0 spiro atoms. The number of carbonyl (C=O) groups is 1. The first-order chi connectivity index (χ1) is 7.67. The van der Waals surface area contributed by atoms with Gasteiger partial charge in [0.2, 0.25) is 0 Å². The lowest BCUT2D eigenvalue weighted by Gasteiger charge is -2.08. The minimum atomic E-state index is -0.184. The van der Waals surface area contributed by atoms with E-state index in [0.29, 0.717) is 18.9 Å². The molecule has 0 bridgehead atoms. The maximum atomic E-state index is 11.2. The zero-order valence-corrected chi connectivity index (χ0v) is 10.5. The SMILES string of the molecule is CCOC(=O)CSc1ccc(C)cc1CN. The van der Waals surface area contributed by atoms with Crippen molar-refractivity contribution < 1.29 is 9.53 Å². The summed E-state index contributed by atoms with van der Waals surface area (Å²) in [6.07, 6.45) is 0. The molecule has 1 aromatic rings. The van der Waals surface area contributed by atoms with Crippen LogP contribution in [0.2, 0.25) is 0 Å². The summed E-state index contributed by atoms with van der Waals surface area (Å²) >= 11 is 1.47. The van der Waals surface area contributed by atoms with Crippen molar-refractivity contribution in [1.82, 2.24) is 0 Å². The van der Waals surface area contributed by atoms with E-state index in [-0.39, 0.29) is 5.97 Å². The Kier molecular flexibility index (Phi) is 5.35. The van der Waals surface area contributed by atoms with Crippen LogP contribution in [-0.2, 0) is 16.1 Å². The standard InChI is InChI=1S/C12H17NO2S/c1-3-15-12(14)8-16-11-5-4-9(2)6-10(11)7-13/h4-6H,3,7-8,13H2,1-2H3. The monoisotopic (exact) mass is 239 g/mol. The first-order valence-electron chi connectivity index (χ1n) is 5.25. The minimum Gasteiger partial charge on any atom is -0.465 e. The van der Waals surface area contributed by atoms with Gasteiger partial charge in [-0.15, -0.1) is 11.8 Å². The van der Waals surface area contributed by atoms with Gasteiger partial charge in [-0.2, -0.15) is 0 Å². The van der Waals surface area contributed by atoms with Crippen molar-refractivity contribution in [2.24, 2.45) is 5.73 Å². The molecule has 0 radical (unpaired) electrons. The smallest absolute Gasteiger partial charge is 0.316 e. The average Bonchev–Trinajstić information content (AvgIpc) is 2.27. The highest BCUT2D eigenvalue weighted by Gasteiger charge is 2.06. The molecule has 0 aromatic heterocycles. The molecular weight excluding hydrogens is 222 g/mol. The van der Waals surface area contributed by atoms with E-state index in [9.17, 15) is 4.79 Å². The second-order valence-electron chi connectivity index (χ2n) is 3.41. The van der Waals surface area contributed by atoms with Crippen molar-refractivity contribution >= 4 is 17.7 Å². The molecule has 0 fully saturated rings. The molecule has 4 heteroatoms. The highest BCUT2D eigenvalue weighted by molar-refractivity contribution is 8.00. The average molecular weight is 239 g/mol. The quantitative estimate of drug-likeness (QED) is 0.631. The van der Waals surface area contributed by atoms with Crippen LogP contribution in [0.5, 0.6) is 0 Å². The van der Waals surface area contributed by atoms with Crippen LogP contribution in [0.25, 0.3) is 0 Å². The Morgan fingerprint density at radius 1 is 1.50 bits per heavy atom. The van der Waals surface area contributed by atoms with Gasteiger partial charge in [0.05, 0.1) is 12.4 Å². The highest BCUT2D eigenvalue weighted by Crippen LogP contribution is 2.23. The van der Waals surface area contributed by atoms with Crippen molar-refractivity contribution in [2.45, 2.75) is 25.3 Å². The number of esters is 1. The van der Waals surface area contributed by atoms with E-state index in [0.717, 1.165) is 10.5 Å². The Balaban J connectivity index is 2.63. The van der Waals surface area contributed by atoms with E-state index in [1.54, 1.807) is 6.92 Å². The molecular formula is C12H17NO2S. The van der Waals surface area contributed by atoms with Crippen LogP contribution in [0.4, 0.5) is 0 Å². The van der Waals surface area contributed by atoms with Crippen LogP contribution in [-0.4, -0.2) is 18.3 Å². The summed E-state index contributed by atoms with van der Waals surface area (Å²) in [5.74, 6) is 0.153. The maximum Gasteiger partial charge on any atom is 0.316 e. The van der Waals surface area contributed by atoms with E-state index < -0.39 is 0 Å². The fourth-order valence-electron chi connectivity index (χ4n) is 1.35. The normalized spacial score (nSPS) is 10.2. The van der Waals surface area contributed by atoms with E-state index in [4.69, 9.17) is 10.5 Å². The van der Waals surface area contributed by atoms with E-state index in [1.807, 2.05) is 25.1 Å². The second kappa shape index (κ2) is 6.55. The Hall–Kier alpha value is -1.00. The molecule has 0 atom stereocenters. The highest BCUT2D eigenvalue weighted by atomic mass is 32.2. The van der Waals surface area contributed by atoms with Crippen molar-refractivity contribution in [2.75, 3.05) is 12.4 Å². The topological polar surface area (TPSA) is 52.3 Å². The molecule has 0 heterocycles. The predicted molar refractivity (Wildman–Crippen MR) is 66.4 cm³/mol. The summed E-state index contributed by atoms with van der Waals surface area (Å²) < 4.78 is 4.87. The van der Waals surface area contributed by atoms with Crippen LogP contribution in [0, 0.1) is 6.92 Å². The van der Waals surface area contributed by atoms with Gasteiger partial charge < -0.3 is 10.5 Å². The van der Waals surface area contributed by atoms with Gasteiger partial charge in [-0.3, -0.25) is 4.79 Å². The summed E-state index contributed by atoms with van der Waals surface area (Å²) in [7, 11) is 0. The molecule has 0 saturated heterocycles. The van der Waals surface area contributed by atoms with E-state index >= 15 is 0 Å². The summed E-state index contributed by atoms with van der Waals surface area (Å²) in [6.45, 7) is 4.75. The molecule has 16 heavy (non-hydrogen) atoms. The fourth-order valence-corrected chi connectivity index (χ4v) is 2.20. The molecule has 0 amide bonds. The Labute approximate surface area is 100 Å². The molecule has 0 aliphatic heterocycles. The third-order valence-electron chi connectivity index (χ3n) is 2.09. The largest absolute Gasteiger partial charge is 0.465 e. The van der Waals surface area contributed by atoms with Gasteiger partial charge in [0.25, 0.3) is 0 Å². The van der Waals surface area contributed by atoms with E-state index in [1.165, 1.54) is 17.3 Å². The van der Waals surface area contributed by atoms with Gasteiger partial charge in [0, 0.05) is 11.4 Å². The number of nitrogens with two attached hydrogens (primary N) is 1. The van der Waals surface area contributed by atoms with Crippen LogP contribution in [0.15, 0.2) is 23.1 Å². The van der Waals surface area contributed by atoms with Crippen molar-refractivity contribution in [3.63, 3.8) is 0 Å². The van der Waals surface area contributed by atoms with Gasteiger partial charge >= 0.3 is 5.97 Å². The third-order valence-corrected chi connectivity index (χ3v) is 3.18. The number of ether oxygens (including phenoxy) is 1. The molecule has 0 aliphatic carbocycles. The third kappa shape index (κ3) is 3.87. The lowest BCUT2D eigenvalue weighted by atomic mass is 10.1. The minimum absolute atomic E-state index is 0.184. The fraction of sp³-hybridized carbons (Fsp3) is 0.417. The number of thioether (sulfide) groups is 1. The van der Waals surface area contributed by atoms with Gasteiger partial charge in [-0.1, -0.05) is 17.7 Å².